The quantitative estimate of drug-likeness (QED) is 0.740. The van der Waals surface area contributed by atoms with Gasteiger partial charge in [0.15, 0.2) is 9.84 Å². The summed E-state index contributed by atoms with van der Waals surface area (Å²) in [5.41, 5.74) is -1.16. The molecule has 0 aromatic rings. The van der Waals surface area contributed by atoms with Gasteiger partial charge in [-0.1, -0.05) is 19.8 Å². The standard InChI is InChI=1S/C12H18N2O5S/c1-2-20(18,19)8-7-14-10(16)12(5-3-4-6-12)9(15)13-11(14)17/h2-8H2,1H3,(H,13,15,17). The molecule has 0 aromatic carbocycles. The molecule has 4 amide bonds. The van der Waals surface area contributed by atoms with Gasteiger partial charge in [0.25, 0.3) is 0 Å². The Balaban J connectivity index is 2.18. The molecule has 2 aliphatic rings. The first-order valence-corrected chi connectivity index (χ1v) is 8.52. The summed E-state index contributed by atoms with van der Waals surface area (Å²) in [6, 6.07) is -0.816. The maximum Gasteiger partial charge on any atom is 0.330 e. The highest BCUT2D eigenvalue weighted by Crippen LogP contribution is 2.41. The lowest BCUT2D eigenvalue weighted by atomic mass is 9.82. The van der Waals surface area contributed by atoms with Crippen molar-refractivity contribution >= 4 is 27.7 Å². The summed E-state index contributed by atoms with van der Waals surface area (Å²) in [6.07, 6.45) is 2.35. The lowest BCUT2D eigenvalue weighted by Crippen LogP contribution is -2.63. The number of amides is 4. The minimum atomic E-state index is -3.27. The van der Waals surface area contributed by atoms with E-state index >= 15 is 0 Å². The number of hydrogen-bond acceptors (Lipinski definition) is 5. The van der Waals surface area contributed by atoms with Crippen LogP contribution in [0.2, 0.25) is 0 Å². The average Bonchev–Trinajstić information content (AvgIpc) is 2.87. The lowest BCUT2D eigenvalue weighted by molar-refractivity contribution is -0.150. The largest absolute Gasteiger partial charge is 0.330 e. The molecule has 20 heavy (non-hydrogen) atoms. The van der Waals surface area contributed by atoms with Gasteiger partial charge >= 0.3 is 6.03 Å². The van der Waals surface area contributed by atoms with Crippen LogP contribution in [0.4, 0.5) is 4.79 Å². The van der Waals surface area contributed by atoms with E-state index < -0.39 is 33.1 Å². The summed E-state index contributed by atoms with van der Waals surface area (Å²) >= 11 is 0. The van der Waals surface area contributed by atoms with Crippen molar-refractivity contribution in [2.75, 3.05) is 18.1 Å². The molecule has 1 N–H and O–H groups in total. The first-order chi connectivity index (χ1) is 9.32. The van der Waals surface area contributed by atoms with Crippen LogP contribution in [-0.2, 0) is 19.4 Å². The van der Waals surface area contributed by atoms with Gasteiger partial charge in [0.2, 0.25) is 11.8 Å². The van der Waals surface area contributed by atoms with Gasteiger partial charge in [-0.3, -0.25) is 19.8 Å². The van der Waals surface area contributed by atoms with Gasteiger partial charge in [0.1, 0.15) is 5.41 Å². The summed E-state index contributed by atoms with van der Waals surface area (Å²) in [5, 5.41) is 2.18. The zero-order valence-corrected chi connectivity index (χ0v) is 12.2. The first-order valence-electron chi connectivity index (χ1n) is 6.70. The van der Waals surface area contributed by atoms with Crippen molar-refractivity contribution in [1.29, 1.82) is 0 Å². The number of imide groups is 2. The van der Waals surface area contributed by atoms with Gasteiger partial charge in [-0.15, -0.1) is 0 Å². The number of nitrogens with one attached hydrogen (secondary N) is 1. The van der Waals surface area contributed by atoms with Crippen molar-refractivity contribution in [2.45, 2.75) is 32.6 Å². The maximum absolute atomic E-state index is 12.4. The zero-order chi connectivity index (χ0) is 15.0. The Morgan fingerprint density at radius 2 is 1.80 bits per heavy atom. The highest BCUT2D eigenvalue weighted by atomic mass is 32.2. The zero-order valence-electron chi connectivity index (χ0n) is 11.3. The molecular formula is C12H18N2O5S. The Hall–Kier alpha value is -1.44. The molecule has 1 aliphatic heterocycles. The number of carbonyl (C=O) groups is 3. The fourth-order valence-electron chi connectivity index (χ4n) is 2.73. The fourth-order valence-corrected chi connectivity index (χ4v) is 3.48. The Bertz CT molecular complexity index is 548. The van der Waals surface area contributed by atoms with E-state index in [1.807, 2.05) is 0 Å². The normalized spacial score (nSPS) is 22.4. The van der Waals surface area contributed by atoms with E-state index in [-0.39, 0.29) is 18.1 Å². The molecule has 7 nitrogen and oxygen atoms in total. The average molecular weight is 302 g/mol. The highest BCUT2D eigenvalue weighted by Gasteiger charge is 2.54. The minimum absolute atomic E-state index is 0.0409. The molecule has 8 heteroatoms. The summed E-state index contributed by atoms with van der Waals surface area (Å²) in [7, 11) is -3.27. The summed E-state index contributed by atoms with van der Waals surface area (Å²) in [5.74, 6) is -1.40. The summed E-state index contributed by atoms with van der Waals surface area (Å²) < 4.78 is 23.0. The molecule has 0 bridgehead atoms. The molecule has 0 aromatic heterocycles. The maximum atomic E-state index is 12.4. The predicted octanol–water partition coefficient (Wildman–Crippen LogP) is 0.0599. The SMILES string of the molecule is CCS(=O)(=O)CCN1C(=O)NC(=O)C2(CCCC2)C1=O. The predicted molar refractivity (Wildman–Crippen MR) is 70.5 cm³/mol. The second-order valence-electron chi connectivity index (χ2n) is 5.24. The number of hydrogen-bond donors (Lipinski definition) is 1. The number of carbonyl (C=O) groups excluding carboxylic acids is 3. The van der Waals surface area contributed by atoms with E-state index in [1.54, 1.807) is 0 Å². The number of nitrogens with zero attached hydrogens (tertiary/aromatic N) is 1. The number of urea groups is 1. The van der Waals surface area contributed by atoms with Gasteiger partial charge in [-0.05, 0) is 12.8 Å². The van der Waals surface area contributed by atoms with Crippen LogP contribution < -0.4 is 5.32 Å². The number of sulfone groups is 1. The highest BCUT2D eigenvalue weighted by molar-refractivity contribution is 7.91. The topological polar surface area (TPSA) is 101 Å². The van der Waals surface area contributed by atoms with Crippen LogP contribution in [-0.4, -0.2) is 49.2 Å². The van der Waals surface area contributed by atoms with Crippen LogP contribution in [0.3, 0.4) is 0 Å². The fraction of sp³-hybridized carbons (Fsp3) is 0.750. The van der Waals surface area contributed by atoms with E-state index in [1.165, 1.54) is 6.92 Å². The molecule has 2 fully saturated rings. The molecule has 1 heterocycles. The summed E-state index contributed by atoms with van der Waals surface area (Å²) in [4.78, 5) is 37.0. The molecular weight excluding hydrogens is 284 g/mol. The van der Waals surface area contributed by atoms with Crippen LogP contribution >= 0.6 is 0 Å². The Morgan fingerprint density at radius 1 is 1.20 bits per heavy atom. The van der Waals surface area contributed by atoms with Crippen molar-refractivity contribution in [3.8, 4) is 0 Å². The van der Waals surface area contributed by atoms with Crippen molar-refractivity contribution in [2.24, 2.45) is 5.41 Å². The Labute approximate surface area is 117 Å². The number of barbiturate groups is 1. The Kier molecular flexibility index (Phi) is 3.86. The molecule has 1 aliphatic carbocycles. The van der Waals surface area contributed by atoms with E-state index in [2.05, 4.69) is 5.32 Å². The molecule has 112 valence electrons. The van der Waals surface area contributed by atoms with Crippen LogP contribution in [0.15, 0.2) is 0 Å². The van der Waals surface area contributed by atoms with E-state index in [0.717, 1.165) is 17.7 Å². The molecule has 1 saturated carbocycles. The number of rotatable bonds is 4. The second-order valence-corrected chi connectivity index (χ2v) is 7.71. The summed E-state index contributed by atoms with van der Waals surface area (Å²) in [6.45, 7) is 1.31. The van der Waals surface area contributed by atoms with Crippen molar-refractivity contribution in [1.82, 2.24) is 10.2 Å². The third-order valence-corrected chi connectivity index (χ3v) is 5.76. The van der Waals surface area contributed by atoms with Gasteiger partial charge in [0.05, 0.1) is 5.75 Å². The third kappa shape index (κ3) is 2.44. The van der Waals surface area contributed by atoms with Gasteiger partial charge < -0.3 is 0 Å². The van der Waals surface area contributed by atoms with E-state index in [0.29, 0.717) is 12.8 Å². The minimum Gasteiger partial charge on any atom is -0.277 e. The lowest BCUT2D eigenvalue weighted by Gasteiger charge is -2.36. The molecule has 1 spiro atoms. The molecule has 0 atom stereocenters. The smallest absolute Gasteiger partial charge is 0.277 e. The van der Waals surface area contributed by atoms with Gasteiger partial charge in [-0.2, -0.15) is 0 Å². The van der Waals surface area contributed by atoms with Crippen LogP contribution in [0.5, 0.6) is 0 Å². The third-order valence-electron chi connectivity index (χ3n) is 4.08. The van der Waals surface area contributed by atoms with Gasteiger partial charge in [-0.25, -0.2) is 13.2 Å². The van der Waals surface area contributed by atoms with E-state index in [9.17, 15) is 22.8 Å². The van der Waals surface area contributed by atoms with Crippen LogP contribution in [0, 0.1) is 5.41 Å². The van der Waals surface area contributed by atoms with E-state index in [4.69, 9.17) is 0 Å². The second kappa shape index (κ2) is 5.16. The monoisotopic (exact) mass is 302 g/mol. The molecule has 0 radical (unpaired) electrons. The van der Waals surface area contributed by atoms with Crippen LogP contribution in [0.25, 0.3) is 0 Å². The molecule has 0 unspecified atom stereocenters. The Morgan fingerprint density at radius 3 is 2.35 bits per heavy atom. The first kappa shape index (κ1) is 15.0. The van der Waals surface area contributed by atoms with Crippen molar-refractivity contribution in [3.05, 3.63) is 0 Å². The molecule has 2 rings (SSSR count). The van der Waals surface area contributed by atoms with Crippen LogP contribution in [0.1, 0.15) is 32.6 Å². The van der Waals surface area contributed by atoms with Gasteiger partial charge in [0, 0.05) is 12.3 Å². The molecule has 1 saturated heterocycles. The van der Waals surface area contributed by atoms with Crippen molar-refractivity contribution in [3.63, 3.8) is 0 Å². The van der Waals surface area contributed by atoms with Crippen molar-refractivity contribution < 1.29 is 22.8 Å².